The maximum atomic E-state index is 9.81. The lowest BCUT2D eigenvalue weighted by Crippen LogP contribution is -2.26. The lowest BCUT2D eigenvalue weighted by molar-refractivity contribution is 0.0254. The van der Waals surface area contributed by atoms with Crippen molar-refractivity contribution in [3.63, 3.8) is 0 Å². The van der Waals surface area contributed by atoms with Gasteiger partial charge in [-0.15, -0.1) is 0 Å². The second kappa shape index (κ2) is 9.72. The number of rotatable bonds is 6. The Labute approximate surface area is 200 Å². The molecule has 1 N–H and O–H groups in total. The summed E-state index contributed by atoms with van der Waals surface area (Å²) in [4.78, 5) is 5.75. The summed E-state index contributed by atoms with van der Waals surface area (Å²) in [5.41, 5.74) is 7.27. The predicted molar refractivity (Wildman–Crippen MR) is 136 cm³/mol. The molecule has 1 aromatic heterocycles. The summed E-state index contributed by atoms with van der Waals surface area (Å²) in [6, 6.07) is 25.4. The summed E-state index contributed by atoms with van der Waals surface area (Å²) in [6.45, 7) is 2.32. The Bertz CT molecular complexity index is 1340. The summed E-state index contributed by atoms with van der Waals surface area (Å²) < 4.78 is 11.6. The van der Waals surface area contributed by atoms with E-state index >= 15 is 0 Å². The number of benzene rings is 3. The Hall–Kier alpha value is -3.59. The molecule has 0 unspecified atom stereocenters. The van der Waals surface area contributed by atoms with Gasteiger partial charge in [0.15, 0.2) is 0 Å². The first kappa shape index (κ1) is 22.2. The molecule has 0 radical (unpaired) electrons. The molecule has 3 aromatic carbocycles. The van der Waals surface area contributed by atoms with Crippen LogP contribution in [0.2, 0.25) is 0 Å². The maximum absolute atomic E-state index is 9.81. The fourth-order valence-corrected chi connectivity index (χ4v) is 4.63. The lowest BCUT2D eigenvalue weighted by Gasteiger charge is -2.24. The molecule has 0 atom stereocenters. The number of H-pyrrole nitrogens is 1. The van der Waals surface area contributed by atoms with Crippen LogP contribution in [0.4, 0.5) is 0 Å². The van der Waals surface area contributed by atoms with E-state index in [1.165, 1.54) is 11.1 Å². The number of nitriles is 1. The summed E-state index contributed by atoms with van der Waals surface area (Å²) in [5.74, 6) is 0.651. The molecule has 1 aliphatic rings. The molecule has 1 aliphatic heterocycles. The highest BCUT2D eigenvalue weighted by Crippen LogP contribution is 2.35. The third-order valence-electron chi connectivity index (χ3n) is 6.27. The molecular formula is C29H29N3O2. The van der Waals surface area contributed by atoms with Gasteiger partial charge in [-0.2, -0.15) is 5.26 Å². The van der Waals surface area contributed by atoms with Gasteiger partial charge in [-0.05, 0) is 66.7 Å². The zero-order chi connectivity index (χ0) is 23.5. The SMILES string of the molecule is CN(C)Cc1cccc(-c2cc3c(-c4ccc(OC5CCOCC5)c(C#N)c4)cccc3[nH]2)c1. The smallest absolute Gasteiger partial charge is 0.137 e. The first-order valence-electron chi connectivity index (χ1n) is 11.8. The maximum Gasteiger partial charge on any atom is 0.137 e. The van der Waals surface area contributed by atoms with Gasteiger partial charge in [-0.25, -0.2) is 0 Å². The minimum Gasteiger partial charge on any atom is -0.489 e. The first-order chi connectivity index (χ1) is 16.6. The van der Waals surface area contributed by atoms with Crippen LogP contribution in [0.25, 0.3) is 33.3 Å². The zero-order valence-electron chi connectivity index (χ0n) is 19.7. The monoisotopic (exact) mass is 451 g/mol. The molecule has 4 aromatic rings. The minimum atomic E-state index is 0.102. The number of nitrogens with one attached hydrogen (secondary N) is 1. The van der Waals surface area contributed by atoms with Crippen molar-refractivity contribution in [1.82, 2.24) is 9.88 Å². The van der Waals surface area contributed by atoms with Crippen molar-refractivity contribution < 1.29 is 9.47 Å². The first-order valence-corrected chi connectivity index (χ1v) is 11.8. The van der Waals surface area contributed by atoms with E-state index in [1.54, 1.807) is 0 Å². The lowest BCUT2D eigenvalue weighted by atomic mass is 9.99. The van der Waals surface area contributed by atoms with Gasteiger partial charge >= 0.3 is 0 Å². The predicted octanol–water partition coefficient (Wildman–Crippen LogP) is 5.99. The van der Waals surface area contributed by atoms with Gasteiger partial charge in [0.05, 0.1) is 18.8 Å². The van der Waals surface area contributed by atoms with Crippen LogP contribution in [0.3, 0.4) is 0 Å². The number of nitrogens with zero attached hydrogens (tertiary/aromatic N) is 2. The van der Waals surface area contributed by atoms with Crippen molar-refractivity contribution in [3.05, 3.63) is 77.9 Å². The average molecular weight is 452 g/mol. The fraction of sp³-hybridized carbons (Fsp3) is 0.276. The van der Waals surface area contributed by atoms with Gasteiger partial charge in [0.1, 0.15) is 17.9 Å². The Kier molecular flexibility index (Phi) is 6.35. The highest BCUT2D eigenvalue weighted by Gasteiger charge is 2.18. The summed E-state index contributed by atoms with van der Waals surface area (Å²) in [6.07, 6.45) is 1.81. The molecule has 0 amide bonds. The highest BCUT2D eigenvalue weighted by atomic mass is 16.5. The van der Waals surface area contributed by atoms with Crippen molar-refractivity contribution in [2.45, 2.75) is 25.5 Å². The van der Waals surface area contributed by atoms with E-state index in [4.69, 9.17) is 9.47 Å². The summed E-state index contributed by atoms with van der Waals surface area (Å²) in [5, 5.41) is 10.9. The Morgan fingerprint density at radius 3 is 2.62 bits per heavy atom. The summed E-state index contributed by atoms with van der Waals surface area (Å²) >= 11 is 0. The van der Waals surface area contributed by atoms with Gasteiger partial charge in [0, 0.05) is 36.0 Å². The Morgan fingerprint density at radius 1 is 1.00 bits per heavy atom. The fourth-order valence-electron chi connectivity index (χ4n) is 4.63. The molecule has 5 nitrogen and oxygen atoms in total. The van der Waals surface area contributed by atoms with Crippen LogP contribution in [0.5, 0.6) is 5.75 Å². The van der Waals surface area contributed by atoms with Crippen LogP contribution < -0.4 is 4.74 Å². The number of fused-ring (bicyclic) bond motifs is 1. The largest absolute Gasteiger partial charge is 0.489 e. The van der Waals surface area contributed by atoms with Crippen LogP contribution >= 0.6 is 0 Å². The molecule has 0 bridgehead atoms. The molecule has 1 saturated heterocycles. The summed E-state index contributed by atoms with van der Waals surface area (Å²) in [7, 11) is 4.16. The Morgan fingerprint density at radius 2 is 1.82 bits per heavy atom. The van der Waals surface area contributed by atoms with E-state index in [0.29, 0.717) is 24.5 Å². The molecule has 1 fully saturated rings. The minimum absolute atomic E-state index is 0.102. The van der Waals surface area contributed by atoms with E-state index in [0.717, 1.165) is 47.1 Å². The van der Waals surface area contributed by atoms with Crippen LogP contribution in [-0.2, 0) is 11.3 Å². The second-order valence-electron chi connectivity index (χ2n) is 9.14. The quantitative estimate of drug-likeness (QED) is 0.391. The Balaban J connectivity index is 1.48. The number of ether oxygens (including phenoxy) is 2. The van der Waals surface area contributed by atoms with Crippen molar-refractivity contribution >= 4 is 10.9 Å². The number of aromatic amines is 1. The van der Waals surface area contributed by atoms with Crippen LogP contribution in [0.1, 0.15) is 24.0 Å². The third kappa shape index (κ3) is 4.70. The molecule has 5 heteroatoms. The molecule has 0 aliphatic carbocycles. The normalized spacial score (nSPS) is 14.4. The zero-order valence-corrected chi connectivity index (χ0v) is 19.7. The van der Waals surface area contributed by atoms with E-state index < -0.39 is 0 Å². The second-order valence-corrected chi connectivity index (χ2v) is 9.14. The van der Waals surface area contributed by atoms with Gasteiger partial charge in [-0.3, -0.25) is 0 Å². The topological polar surface area (TPSA) is 61.3 Å². The molecule has 172 valence electrons. The van der Waals surface area contributed by atoms with Crippen molar-refractivity contribution in [1.29, 1.82) is 5.26 Å². The van der Waals surface area contributed by atoms with E-state index in [1.807, 2.05) is 12.1 Å². The molecule has 0 saturated carbocycles. The van der Waals surface area contributed by atoms with Crippen molar-refractivity contribution in [2.75, 3.05) is 27.3 Å². The van der Waals surface area contributed by atoms with Gasteiger partial charge < -0.3 is 19.4 Å². The van der Waals surface area contributed by atoms with Crippen LogP contribution in [0, 0.1) is 11.3 Å². The van der Waals surface area contributed by atoms with Gasteiger partial charge in [-0.1, -0.05) is 36.4 Å². The number of hydrogen-bond donors (Lipinski definition) is 1. The van der Waals surface area contributed by atoms with E-state index in [-0.39, 0.29) is 6.10 Å². The number of hydrogen-bond acceptors (Lipinski definition) is 4. The molecule has 0 spiro atoms. The molecule has 2 heterocycles. The third-order valence-corrected chi connectivity index (χ3v) is 6.27. The van der Waals surface area contributed by atoms with E-state index in [2.05, 4.69) is 84.6 Å². The molecular weight excluding hydrogens is 422 g/mol. The van der Waals surface area contributed by atoms with Gasteiger partial charge in [0.25, 0.3) is 0 Å². The van der Waals surface area contributed by atoms with Crippen LogP contribution in [-0.4, -0.2) is 43.3 Å². The van der Waals surface area contributed by atoms with E-state index in [9.17, 15) is 5.26 Å². The highest BCUT2D eigenvalue weighted by molar-refractivity contribution is 5.98. The van der Waals surface area contributed by atoms with Crippen LogP contribution in [0.15, 0.2) is 66.7 Å². The molecule has 5 rings (SSSR count). The van der Waals surface area contributed by atoms with Gasteiger partial charge in [0.2, 0.25) is 0 Å². The average Bonchev–Trinajstić information content (AvgIpc) is 3.29. The number of aromatic nitrogens is 1. The standard InChI is InChI=1S/C29H29N3O2/c1-32(2)19-20-5-3-6-22(15-20)28-17-26-25(7-4-8-27(26)31-28)21-9-10-29(23(16-21)18-30)34-24-11-13-33-14-12-24/h3-10,15-17,24,31H,11-14,19H2,1-2H3. The van der Waals surface area contributed by atoms with Crippen molar-refractivity contribution in [3.8, 4) is 34.2 Å². The molecule has 34 heavy (non-hydrogen) atoms. The van der Waals surface area contributed by atoms with Crippen molar-refractivity contribution in [2.24, 2.45) is 0 Å².